The number of aliphatic hydroxyl groups is 1. The number of hydrogen-bond acceptors (Lipinski definition) is 4. The average Bonchev–Trinajstić information content (AvgIpc) is 2.94. The highest BCUT2D eigenvalue weighted by Gasteiger charge is 2.51. The lowest BCUT2D eigenvalue weighted by atomic mass is 9.83. The summed E-state index contributed by atoms with van der Waals surface area (Å²) in [5, 5.41) is 13.4. The Bertz CT molecular complexity index is 622. The van der Waals surface area contributed by atoms with Crippen LogP contribution in [0.25, 0.3) is 0 Å². The maximum Gasteiger partial charge on any atom is 0.247 e. The molecule has 0 unspecified atom stereocenters. The van der Waals surface area contributed by atoms with E-state index in [4.69, 9.17) is 0 Å². The van der Waals surface area contributed by atoms with Crippen LogP contribution in [0.3, 0.4) is 0 Å². The molecule has 25 heavy (non-hydrogen) atoms. The van der Waals surface area contributed by atoms with E-state index in [0.29, 0.717) is 6.67 Å². The number of likely N-dealkylation sites (tertiary alicyclic amines) is 1. The number of carbonyl (C=O) groups excluding carboxylic acids is 1. The minimum Gasteiger partial charge on any atom is -0.391 e. The van der Waals surface area contributed by atoms with Crippen molar-refractivity contribution in [3.8, 4) is 0 Å². The van der Waals surface area contributed by atoms with Gasteiger partial charge in [-0.1, -0.05) is 30.5 Å². The molecule has 4 rings (SSSR count). The lowest BCUT2D eigenvalue weighted by Gasteiger charge is -2.47. The van der Waals surface area contributed by atoms with E-state index in [-0.39, 0.29) is 18.1 Å². The second kappa shape index (κ2) is 6.61. The van der Waals surface area contributed by atoms with Gasteiger partial charge in [-0.3, -0.25) is 9.69 Å². The Labute approximate surface area is 150 Å². The molecule has 1 spiro atoms. The average molecular weight is 343 g/mol. The van der Waals surface area contributed by atoms with Gasteiger partial charge in [-0.15, -0.1) is 0 Å². The van der Waals surface area contributed by atoms with Gasteiger partial charge in [0.15, 0.2) is 0 Å². The monoisotopic (exact) mass is 343 g/mol. The third-order valence-electron chi connectivity index (χ3n) is 6.47. The van der Waals surface area contributed by atoms with Crippen LogP contribution in [0.1, 0.15) is 44.1 Å². The van der Waals surface area contributed by atoms with Crippen LogP contribution in [0, 0.1) is 6.92 Å². The van der Waals surface area contributed by atoms with Crippen LogP contribution in [0.2, 0.25) is 0 Å². The summed E-state index contributed by atoms with van der Waals surface area (Å²) < 4.78 is 0. The first-order chi connectivity index (χ1) is 12.1. The molecule has 1 amide bonds. The Balaban J connectivity index is 1.51. The summed E-state index contributed by atoms with van der Waals surface area (Å²) in [6.45, 7) is 4.45. The zero-order valence-electron chi connectivity index (χ0n) is 15.1. The number of benzene rings is 1. The molecule has 1 saturated carbocycles. The van der Waals surface area contributed by atoms with Gasteiger partial charge in [0.2, 0.25) is 5.91 Å². The minimum atomic E-state index is -0.425. The third kappa shape index (κ3) is 2.93. The zero-order chi connectivity index (χ0) is 17.4. The number of amides is 1. The molecule has 1 aromatic carbocycles. The number of aliphatic hydroxyl groups excluding tert-OH is 1. The quantitative estimate of drug-likeness (QED) is 0.863. The Hall–Kier alpha value is -1.59. The lowest BCUT2D eigenvalue weighted by Crippen LogP contribution is -2.59. The van der Waals surface area contributed by atoms with Gasteiger partial charge < -0.3 is 15.3 Å². The van der Waals surface area contributed by atoms with Crippen molar-refractivity contribution < 1.29 is 9.90 Å². The molecule has 2 saturated heterocycles. The molecule has 0 radical (unpaired) electrons. The molecule has 1 aromatic rings. The van der Waals surface area contributed by atoms with Gasteiger partial charge in [-0.25, -0.2) is 0 Å². The highest BCUT2D eigenvalue weighted by Crippen LogP contribution is 2.38. The lowest BCUT2D eigenvalue weighted by molar-refractivity contribution is -0.125. The fraction of sp³-hybridized carbons (Fsp3) is 0.650. The van der Waals surface area contributed by atoms with Crippen LogP contribution in [-0.4, -0.2) is 53.4 Å². The molecular weight excluding hydrogens is 314 g/mol. The fourth-order valence-electron chi connectivity index (χ4n) is 4.89. The normalized spacial score (nSPS) is 29.8. The molecule has 2 aliphatic heterocycles. The molecule has 0 bridgehead atoms. The van der Waals surface area contributed by atoms with Gasteiger partial charge in [0, 0.05) is 24.8 Å². The summed E-state index contributed by atoms with van der Waals surface area (Å²) in [5.41, 5.74) is 1.93. The van der Waals surface area contributed by atoms with E-state index in [1.54, 1.807) is 0 Å². The van der Waals surface area contributed by atoms with Crippen molar-refractivity contribution in [2.24, 2.45) is 0 Å². The van der Waals surface area contributed by atoms with Gasteiger partial charge in [0.25, 0.3) is 0 Å². The van der Waals surface area contributed by atoms with Crippen LogP contribution in [0.4, 0.5) is 5.69 Å². The molecule has 1 aliphatic carbocycles. The smallest absolute Gasteiger partial charge is 0.247 e. The third-order valence-corrected chi connectivity index (χ3v) is 6.47. The van der Waals surface area contributed by atoms with E-state index >= 15 is 0 Å². The Kier molecular flexibility index (Phi) is 4.46. The second-order valence-corrected chi connectivity index (χ2v) is 7.91. The molecule has 5 nitrogen and oxygen atoms in total. The number of piperidine rings is 1. The summed E-state index contributed by atoms with van der Waals surface area (Å²) in [6, 6.07) is 8.74. The molecule has 3 aliphatic rings. The molecular formula is C20H29N3O2. The first kappa shape index (κ1) is 16.9. The number of hydrogen-bond donors (Lipinski definition) is 2. The van der Waals surface area contributed by atoms with Gasteiger partial charge >= 0.3 is 0 Å². The number of anilines is 1. The van der Waals surface area contributed by atoms with E-state index in [1.165, 1.54) is 12.0 Å². The summed E-state index contributed by atoms with van der Waals surface area (Å²) in [5.74, 6) is 0.164. The van der Waals surface area contributed by atoms with Gasteiger partial charge in [-0.05, 0) is 44.7 Å². The number of nitrogens with zero attached hydrogens (tertiary/aromatic N) is 2. The topological polar surface area (TPSA) is 55.8 Å². The summed E-state index contributed by atoms with van der Waals surface area (Å²) >= 11 is 0. The fourth-order valence-corrected chi connectivity index (χ4v) is 4.89. The molecule has 136 valence electrons. The van der Waals surface area contributed by atoms with Gasteiger partial charge in [0.1, 0.15) is 5.54 Å². The Morgan fingerprint density at radius 1 is 1.12 bits per heavy atom. The Morgan fingerprint density at radius 2 is 1.80 bits per heavy atom. The van der Waals surface area contributed by atoms with Crippen LogP contribution in [0.15, 0.2) is 24.3 Å². The van der Waals surface area contributed by atoms with E-state index in [1.807, 2.05) is 0 Å². The molecule has 5 heteroatoms. The predicted octanol–water partition coefficient (Wildman–Crippen LogP) is 2.03. The minimum absolute atomic E-state index is 0.164. The predicted molar refractivity (Wildman–Crippen MR) is 98.5 cm³/mol. The number of nitrogens with one attached hydrogen (secondary N) is 1. The van der Waals surface area contributed by atoms with Crippen molar-refractivity contribution in [1.29, 1.82) is 0 Å². The molecule has 2 N–H and O–H groups in total. The van der Waals surface area contributed by atoms with E-state index in [2.05, 4.69) is 46.3 Å². The van der Waals surface area contributed by atoms with Gasteiger partial charge in [0.05, 0.1) is 12.8 Å². The SMILES string of the molecule is Cc1ccc(N2CNC(=O)C23CCN([C@@H]2CCCC[C@H]2O)CC3)cc1. The highest BCUT2D eigenvalue weighted by molar-refractivity contribution is 5.93. The van der Waals surface area contributed by atoms with Crippen molar-refractivity contribution in [2.75, 3.05) is 24.7 Å². The van der Waals surface area contributed by atoms with Crippen molar-refractivity contribution in [3.63, 3.8) is 0 Å². The number of aryl methyl sites for hydroxylation is 1. The van der Waals surface area contributed by atoms with Gasteiger partial charge in [-0.2, -0.15) is 0 Å². The highest BCUT2D eigenvalue weighted by atomic mass is 16.3. The summed E-state index contributed by atoms with van der Waals surface area (Å²) in [6.07, 6.45) is 5.81. The summed E-state index contributed by atoms with van der Waals surface area (Å²) in [7, 11) is 0. The maximum atomic E-state index is 12.7. The number of carbonyl (C=O) groups is 1. The second-order valence-electron chi connectivity index (χ2n) is 7.91. The molecule has 0 aromatic heterocycles. The van der Waals surface area contributed by atoms with Crippen LogP contribution < -0.4 is 10.2 Å². The maximum absolute atomic E-state index is 12.7. The van der Waals surface area contributed by atoms with E-state index in [9.17, 15) is 9.90 Å². The Morgan fingerprint density at radius 3 is 2.48 bits per heavy atom. The zero-order valence-corrected chi connectivity index (χ0v) is 15.1. The number of rotatable bonds is 2. The van der Waals surface area contributed by atoms with Crippen molar-refractivity contribution >= 4 is 11.6 Å². The largest absolute Gasteiger partial charge is 0.391 e. The first-order valence-corrected chi connectivity index (χ1v) is 9.65. The van der Waals surface area contributed by atoms with Crippen LogP contribution in [0.5, 0.6) is 0 Å². The van der Waals surface area contributed by atoms with Crippen LogP contribution >= 0.6 is 0 Å². The standard InChI is InChI=1S/C20H29N3O2/c1-15-6-8-16(9-7-15)23-14-21-19(25)20(23)10-12-22(13-11-20)17-4-2-3-5-18(17)24/h6-9,17-18,24H,2-5,10-14H2,1H3,(H,21,25)/t17-,18-/m1/s1. The molecule has 2 heterocycles. The van der Waals surface area contributed by atoms with Crippen LogP contribution in [-0.2, 0) is 4.79 Å². The van der Waals surface area contributed by atoms with Crippen molar-refractivity contribution in [3.05, 3.63) is 29.8 Å². The van der Waals surface area contributed by atoms with E-state index < -0.39 is 5.54 Å². The van der Waals surface area contributed by atoms with E-state index in [0.717, 1.165) is 50.9 Å². The van der Waals surface area contributed by atoms with Crippen molar-refractivity contribution in [1.82, 2.24) is 10.2 Å². The van der Waals surface area contributed by atoms with Crippen molar-refractivity contribution in [2.45, 2.75) is 63.1 Å². The molecule has 3 fully saturated rings. The first-order valence-electron chi connectivity index (χ1n) is 9.65. The summed E-state index contributed by atoms with van der Waals surface area (Å²) in [4.78, 5) is 17.4. The molecule has 2 atom stereocenters.